The Bertz CT molecular complexity index is 795. The summed E-state index contributed by atoms with van der Waals surface area (Å²) in [7, 11) is -3.50. The molecule has 0 bridgehead atoms. The molecular formula is C21H32N2O6S. The van der Waals surface area contributed by atoms with Crippen LogP contribution in [0, 0.1) is 0 Å². The number of aliphatic hydroxyl groups excluding tert-OH is 1. The lowest BCUT2D eigenvalue weighted by Gasteiger charge is -2.33. The highest BCUT2D eigenvalue weighted by molar-refractivity contribution is 7.88. The van der Waals surface area contributed by atoms with Gasteiger partial charge >= 0.3 is 6.09 Å². The lowest BCUT2D eigenvalue weighted by atomic mass is 9.83. The third kappa shape index (κ3) is 5.94. The molecule has 0 radical (unpaired) electrons. The van der Waals surface area contributed by atoms with Crippen molar-refractivity contribution >= 4 is 16.1 Å². The fourth-order valence-electron chi connectivity index (χ4n) is 4.85. The number of hydrogen-bond donors (Lipinski definition) is 3. The molecule has 1 aromatic rings. The van der Waals surface area contributed by atoms with Gasteiger partial charge in [-0.25, -0.2) is 17.9 Å². The minimum absolute atomic E-state index is 0.0383. The number of aliphatic hydroxyl groups is 1. The van der Waals surface area contributed by atoms with E-state index in [0.717, 1.165) is 31.9 Å². The van der Waals surface area contributed by atoms with Crippen molar-refractivity contribution in [2.24, 2.45) is 0 Å². The second-order valence-electron chi connectivity index (χ2n) is 8.37. The average Bonchev–Trinajstić information content (AvgIpc) is 3.03. The molecule has 1 aromatic carbocycles. The molecule has 3 unspecified atom stereocenters. The second kappa shape index (κ2) is 10.1. The largest absolute Gasteiger partial charge is 0.465 e. The summed E-state index contributed by atoms with van der Waals surface area (Å²) in [6, 6.07) is 8.81. The first-order valence-electron chi connectivity index (χ1n) is 10.5. The monoisotopic (exact) mass is 440 g/mol. The summed E-state index contributed by atoms with van der Waals surface area (Å²) in [5.74, 6) is 0.515. The molecule has 168 valence electrons. The Morgan fingerprint density at radius 1 is 1.20 bits per heavy atom. The van der Waals surface area contributed by atoms with Crippen molar-refractivity contribution in [2.75, 3.05) is 19.5 Å². The SMILES string of the molecule is CS(=O)(=O)NC1CC(CCO)N(C(=O)O)C1COC1CCC(c2ccccc2)CC1. The Kier molecular flexibility index (Phi) is 7.73. The van der Waals surface area contributed by atoms with E-state index in [2.05, 4.69) is 29.0 Å². The fourth-order valence-corrected chi connectivity index (χ4v) is 5.66. The van der Waals surface area contributed by atoms with Gasteiger partial charge in [0, 0.05) is 18.7 Å². The van der Waals surface area contributed by atoms with Crippen molar-refractivity contribution in [3.63, 3.8) is 0 Å². The number of likely N-dealkylation sites (tertiary alicyclic amines) is 1. The Hall–Kier alpha value is -1.68. The van der Waals surface area contributed by atoms with Gasteiger partial charge in [0.25, 0.3) is 0 Å². The summed E-state index contributed by atoms with van der Waals surface area (Å²) in [6.45, 7) is -0.0147. The van der Waals surface area contributed by atoms with Crippen LogP contribution in [-0.4, -0.2) is 73.3 Å². The van der Waals surface area contributed by atoms with Crippen molar-refractivity contribution in [3.8, 4) is 0 Å². The predicted molar refractivity (Wildman–Crippen MR) is 113 cm³/mol. The van der Waals surface area contributed by atoms with Crippen molar-refractivity contribution in [2.45, 2.75) is 68.7 Å². The second-order valence-corrected chi connectivity index (χ2v) is 10.2. The maximum atomic E-state index is 11.9. The Morgan fingerprint density at radius 2 is 1.87 bits per heavy atom. The van der Waals surface area contributed by atoms with Gasteiger partial charge in [-0.15, -0.1) is 0 Å². The van der Waals surface area contributed by atoms with E-state index < -0.39 is 34.2 Å². The molecule has 8 nitrogen and oxygen atoms in total. The summed E-state index contributed by atoms with van der Waals surface area (Å²) < 4.78 is 32.2. The number of sulfonamides is 1. The number of ether oxygens (including phenoxy) is 1. The summed E-state index contributed by atoms with van der Waals surface area (Å²) >= 11 is 0. The van der Waals surface area contributed by atoms with Crippen LogP contribution in [0.4, 0.5) is 4.79 Å². The molecule has 30 heavy (non-hydrogen) atoms. The van der Waals surface area contributed by atoms with E-state index in [-0.39, 0.29) is 25.7 Å². The third-order valence-corrected chi connectivity index (χ3v) is 6.97. The number of nitrogens with zero attached hydrogens (tertiary/aromatic N) is 1. The van der Waals surface area contributed by atoms with Crippen molar-refractivity contribution < 1.29 is 28.2 Å². The zero-order valence-electron chi connectivity index (χ0n) is 17.3. The van der Waals surface area contributed by atoms with Crippen LogP contribution in [-0.2, 0) is 14.8 Å². The van der Waals surface area contributed by atoms with Gasteiger partial charge in [0.15, 0.2) is 0 Å². The van der Waals surface area contributed by atoms with Crippen molar-refractivity contribution in [3.05, 3.63) is 35.9 Å². The lowest BCUT2D eigenvalue weighted by molar-refractivity contribution is -0.00854. The number of hydrogen-bond acceptors (Lipinski definition) is 5. The van der Waals surface area contributed by atoms with Gasteiger partial charge in [-0.2, -0.15) is 0 Å². The quantitative estimate of drug-likeness (QED) is 0.570. The van der Waals surface area contributed by atoms with Crippen LogP contribution in [0.1, 0.15) is 50.0 Å². The highest BCUT2D eigenvalue weighted by Crippen LogP contribution is 2.35. The molecule has 1 heterocycles. The highest BCUT2D eigenvalue weighted by Gasteiger charge is 2.45. The Balaban J connectivity index is 1.61. The van der Waals surface area contributed by atoms with Crippen LogP contribution < -0.4 is 4.72 Å². The number of benzene rings is 1. The maximum absolute atomic E-state index is 11.9. The van der Waals surface area contributed by atoms with Crippen LogP contribution in [0.2, 0.25) is 0 Å². The van der Waals surface area contributed by atoms with Gasteiger partial charge in [-0.1, -0.05) is 30.3 Å². The van der Waals surface area contributed by atoms with Crippen LogP contribution in [0.3, 0.4) is 0 Å². The van der Waals surface area contributed by atoms with E-state index in [0.29, 0.717) is 12.3 Å². The summed E-state index contributed by atoms with van der Waals surface area (Å²) in [6.07, 6.45) is 4.40. The van der Waals surface area contributed by atoms with Gasteiger partial charge in [0.2, 0.25) is 10.0 Å². The summed E-state index contributed by atoms with van der Waals surface area (Å²) in [4.78, 5) is 13.1. The maximum Gasteiger partial charge on any atom is 0.407 e. The lowest BCUT2D eigenvalue weighted by Crippen LogP contribution is -2.50. The van der Waals surface area contributed by atoms with Gasteiger partial charge < -0.3 is 14.9 Å². The van der Waals surface area contributed by atoms with Crippen molar-refractivity contribution in [1.82, 2.24) is 9.62 Å². The van der Waals surface area contributed by atoms with Gasteiger partial charge in [-0.05, 0) is 50.0 Å². The molecule has 1 saturated carbocycles. The van der Waals surface area contributed by atoms with Crippen LogP contribution in [0.5, 0.6) is 0 Å². The first kappa shape index (κ1) is 23.0. The molecule has 0 aromatic heterocycles. The normalized spacial score (nSPS) is 29.8. The van der Waals surface area contributed by atoms with Gasteiger partial charge in [0.05, 0.1) is 25.0 Å². The van der Waals surface area contributed by atoms with E-state index in [4.69, 9.17) is 4.74 Å². The summed E-state index contributed by atoms with van der Waals surface area (Å²) in [5, 5.41) is 19.0. The zero-order chi connectivity index (χ0) is 21.7. The minimum atomic E-state index is -3.50. The number of rotatable bonds is 8. The molecule has 1 saturated heterocycles. The molecule has 1 aliphatic carbocycles. The number of carboxylic acid groups (broad SMARTS) is 1. The number of carbonyl (C=O) groups is 1. The molecular weight excluding hydrogens is 408 g/mol. The molecule has 3 atom stereocenters. The zero-order valence-corrected chi connectivity index (χ0v) is 18.1. The van der Waals surface area contributed by atoms with E-state index in [1.165, 1.54) is 10.5 Å². The van der Waals surface area contributed by atoms with Crippen molar-refractivity contribution in [1.29, 1.82) is 0 Å². The molecule has 1 aliphatic heterocycles. The Labute approximate surface area is 178 Å². The third-order valence-electron chi connectivity index (χ3n) is 6.24. The molecule has 1 amide bonds. The first-order valence-corrected chi connectivity index (χ1v) is 12.4. The molecule has 0 spiro atoms. The molecule has 2 aliphatic rings. The number of nitrogens with one attached hydrogen (secondary N) is 1. The molecule has 9 heteroatoms. The van der Waals surface area contributed by atoms with Gasteiger partial charge in [-0.3, -0.25) is 4.90 Å². The summed E-state index contributed by atoms with van der Waals surface area (Å²) in [5.41, 5.74) is 1.34. The van der Waals surface area contributed by atoms with Gasteiger partial charge in [0.1, 0.15) is 0 Å². The highest BCUT2D eigenvalue weighted by atomic mass is 32.2. The van der Waals surface area contributed by atoms with E-state index in [9.17, 15) is 23.4 Å². The molecule has 2 fully saturated rings. The topological polar surface area (TPSA) is 116 Å². The fraction of sp³-hybridized carbons (Fsp3) is 0.667. The number of amides is 1. The van der Waals surface area contributed by atoms with Crippen LogP contribution >= 0.6 is 0 Å². The van der Waals surface area contributed by atoms with E-state index >= 15 is 0 Å². The first-order chi connectivity index (χ1) is 14.3. The van der Waals surface area contributed by atoms with Crippen LogP contribution in [0.15, 0.2) is 30.3 Å². The smallest absolute Gasteiger partial charge is 0.407 e. The van der Waals surface area contributed by atoms with E-state index in [1.807, 2.05) is 6.07 Å². The minimum Gasteiger partial charge on any atom is -0.465 e. The molecule has 3 N–H and O–H groups in total. The Morgan fingerprint density at radius 3 is 2.43 bits per heavy atom. The predicted octanol–water partition coefficient (Wildman–Crippen LogP) is 2.15. The standard InChI is InChI=1S/C21H32N2O6S/c1-30(27,28)22-19-13-17(11-12-24)23(21(25)26)20(19)14-29-18-9-7-16(8-10-18)15-5-3-2-4-6-15/h2-6,16-20,22,24H,7-14H2,1H3,(H,25,26). The van der Waals surface area contributed by atoms with E-state index in [1.54, 1.807) is 0 Å². The average molecular weight is 441 g/mol. The van der Waals surface area contributed by atoms with Crippen LogP contribution in [0.25, 0.3) is 0 Å². The molecule has 3 rings (SSSR count).